The lowest BCUT2D eigenvalue weighted by Crippen LogP contribution is -2.05. The normalized spacial score (nSPS) is 10.8. The summed E-state index contributed by atoms with van der Waals surface area (Å²) in [6, 6.07) is 2.05. The van der Waals surface area contributed by atoms with Crippen LogP contribution in [0.15, 0.2) is 6.07 Å². The summed E-state index contributed by atoms with van der Waals surface area (Å²) in [4.78, 5) is 16.8. The van der Waals surface area contributed by atoms with E-state index in [1.807, 2.05) is 25.5 Å². The van der Waals surface area contributed by atoms with Crippen molar-refractivity contribution in [2.45, 2.75) is 40.7 Å². The summed E-state index contributed by atoms with van der Waals surface area (Å²) in [5.41, 5.74) is 2.91. The molecular weight excluding hydrogens is 274 g/mol. The molecule has 5 nitrogen and oxygen atoms in total. The first kappa shape index (κ1) is 14.7. The van der Waals surface area contributed by atoms with Crippen molar-refractivity contribution in [3.05, 3.63) is 33.0 Å². The average molecular weight is 293 g/mol. The molecule has 108 valence electrons. The largest absolute Gasteiger partial charge is 0.462 e. The third-order valence-corrected chi connectivity index (χ3v) is 4.14. The van der Waals surface area contributed by atoms with Crippen molar-refractivity contribution >= 4 is 17.3 Å². The van der Waals surface area contributed by atoms with Crippen LogP contribution in [0.2, 0.25) is 0 Å². The fourth-order valence-electron chi connectivity index (χ4n) is 2.05. The third-order valence-electron chi connectivity index (χ3n) is 2.94. The Kier molecular flexibility index (Phi) is 4.54. The van der Waals surface area contributed by atoms with E-state index in [2.05, 4.69) is 16.1 Å². The number of hydrogen-bond acceptors (Lipinski definition) is 5. The number of aromatic nitrogens is 3. The molecule has 2 rings (SSSR count). The zero-order valence-electron chi connectivity index (χ0n) is 12.3. The molecule has 2 aromatic heterocycles. The van der Waals surface area contributed by atoms with Crippen LogP contribution >= 0.6 is 11.3 Å². The summed E-state index contributed by atoms with van der Waals surface area (Å²) in [7, 11) is 0. The second kappa shape index (κ2) is 6.17. The number of ether oxygens (including phenoxy) is 1. The number of esters is 1. The number of carbonyl (C=O) groups is 1. The standard InChI is InChI=1S/C14H19N3O2S/c1-5-19-14(18)13-11(4)15-12(20-13)6-7-17-10(3)8-9(2)16-17/h8H,5-7H2,1-4H3. The Hall–Kier alpha value is -1.69. The minimum atomic E-state index is -0.278. The van der Waals surface area contributed by atoms with Gasteiger partial charge in [-0.3, -0.25) is 4.68 Å². The van der Waals surface area contributed by atoms with E-state index in [1.165, 1.54) is 11.3 Å². The van der Waals surface area contributed by atoms with E-state index in [0.29, 0.717) is 11.5 Å². The molecule has 0 aromatic carbocycles. The zero-order valence-corrected chi connectivity index (χ0v) is 13.1. The van der Waals surface area contributed by atoms with Crippen molar-refractivity contribution in [2.75, 3.05) is 6.61 Å². The molecular formula is C14H19N3O2S. The molecule has 0 fully saturated rings. The number of thiazole rings is 1. The van der Waals surface area contributed by atoms with Crippen molar-refractivity contribution in [1.29, 1.82) is 0 Å². The molecule has 0 saturated heterocycles. The Bertz CT molecular complexity index is 616. The molecule has 0 amide bonds. The lowest BCUT2D eigenvalue weighted by atomic mass is 10.4. The van der Waals surface area contributed by atoms with Crippen LogP contribution in [0.25, 0.3) is 0 Å². The van der Waals surface area contributed by atoms with Crippen LogP contribution in [0.5, 0.6) is 0 Å². The lowest BCUT2D eigenvalue weighted by Gasteiger charge is -2.01. The predicted octanol–water partition coefficient (Wildman–Crippen LogP) is 2.68. The van der Waals surface area contributed by atoms with E-state index in [-0.39, 0.29) is 5.97 Å². The van der Waals surface area contributed by atoms with Crippen molar-refractivity contribution in [2.24, 2.45) is 0 Å². The Balaban J connectivity index is 2.05. The topological polar surface area (TPSA) is 57.0 Å². The van der Waals surface area contributed by atoms with Crippen molar-refractivity contribution < 1.29 is 9.53 Å². The fraction of sp³-hybridized carbons (Fsp3) is 0.500. The Morgan fingerprint density at radius 2 is 2.15 bits per heavy atom. The highest BCUT2D eigenvalue weighted by atomic mass is 32.1. The maximum absolute atomic E-state index is 11.7. The van der Waals surface area contributed by atoms with Crippen molar-refractivity contribution in [1.82, 2.24) is 14.8 Å². The highest BCUT2D eigenvalue weighted by molar-refractivity contribution is 7.13. The van der Waals surface area contributed by atoms with Crippen LogP contribution < -0.4 is 0 Å². The summed E-state index contributed by atoms with van der Waals surface area (Å²) >= 11 is 1.41. The first-order chi connectivity index (χ1) is 9.51. The van der Waals surface area contributed by atoms with Crippen molar-refractivity contribution in [3.8, 4) is 0 Å². The van der Waals surface area contributed by atoms with Gasteiger partial charge in [-0.05, 0) is 33.8 Å². The van der Waals surface area contributed by atoms with Gasteiger partial charge in [0.25, 0.3) is 0 Å². The number of rotatable bonds is 5. The second-order valence-electron chi connectivity index (χ2n) is 4.64. The summed E-state index contributed by atoms with van der Waals surface area (Å²) in [6.45, 7) is 8.83. The molecule has 20 heavy (non-hydrogen) atoms. The first-order valence-electron chi connectivity index (χ1n) is 6.65. The van der Waals surface area contributed by atoms with Crippen LogP contribution in [0, 0.1) is 20.8 Å². The van der Waals surface area contributed by atoms with Gasteiger partial charge in [0.05, 0.1) is 23.0 Å². The summed E-state index contributed by atoms with van der Waals surface area (Å²) in [5.74, 6) is -0.278. The average Bonchev–Trinajstić information content (AvgIpc) is 2.90. The molecule has 2 heterocycles. The lowest BCUT2D eigenvalue weighted by molar-refractivity contribution is 0.0531. The number of aryl methyl sites for hydroxylation is 5. The monoisotopic (exact) mass is 293 g/mol. The second-order valence-corrected chi connectivity index (χ2v) is 5.73. The minimum Gasteiger partial charge on any atom is -0.462 e. The van der Waals surface area contributed by atoms with Gasteiger partial charge < -0.3 is 4.74 Å². The van der Waals surface area contributed by atoms with E-state index < -0.39 is 0 Å². The van der Waals surface area contributed by atoms with Gasteiger partial charge in [0.15, 0.2) is 0 Å². The summed E-state index contributed by atoms with van der Waals surface area (Å²) in [6.07, 6.45) is 0.771. The van der Waals surface area contributed by atoms with Gasteiger partial charge >= 0.3 is 5.97 Å². The molecule has 0 atom stereocenters. The van der Waals surface area contributed by atoms with Crippen LogP contribution in [-0.2, 0) is 17.7 Å². The number of nitrogens with zero attached hydrogens (tertiary/aromatic N) is 3. The van der Waals surface area contributed by atoms with E-state index in [0.717, 1.165) is 35.1 Å². The SMILES string of the molecule is CCOC(=O)c1sc(CCn2nc(C)cc2C)nc1C. The summed E-state index contributed by atoms with van der Waals surface area (Å²) in [5, 5.41) is 5.36. The molecule has 0 saturated carbocycles. The van der Waals surface area contributed by atoms with Crippen LogP contribution in [-0.4, -0.2) is 27.3 Å². The number of carbonyl (C=O) groups excluding carboxylic acids is 1. The highest BCUT2D eigenvalue weighted by Crippen LogP contribution is 2.20. The molecule has 0 unspecified atom stereocenters. The van der Waals surface area contributed by atoms with Crippen LogP contribution in [0.4, 0.5) is 0 Å². The van der Waals surface area contributed by atoms with Gasteiger partial charge in [-0.25, -0.2) is 9.78 Å². The molecule has 0 spiro atoms. The molecule has 0 aliphatic rings. The van der Waals surface area contributed by atoms with Crippen molar-refractivity contribution in [3.63, 3.8) is 0 Å². The van der Waals surface area contributed by atoms with Gasteiger partial charge in [-0.15, -0.1) is 11.3 Å². The Labute approximate surface area is 122 Å². The van der Waals surface area contributed by atoms with Gasteiger partial charge in [0.1, 0.15) is 4.88 Å². The minimum absolute atomic E-state index is 0.278. The maximum atomic E-state index is 11.7. The van der Waals surface area contributed by atoms with E-state index in [9.17, 15) is 4.79 Å². The maximum Gasteiger partial charge on any atom is 0.350 e. The van der Waals surface area contributed by atoms with Crippen LogP contribution in [0.3, 0.4) is 0 Å². The zero-order chi connectivity index (χ0) is 14.7. The molecule has 0 N–H and O–H groups in total. The quantitative estimate of drug-likeness (QED) is 0.795. The highest BCUT2D eigenvalue weighted by Gasteiger charge is 2.16. The molecule has 0 radical (unpaired) electrons. The van der Waals surface area contributed by atoms with Gasteiger partial charge in [0, 0.05) is 18.7 Å². The molecule has 0 aliphatic heterocycles. The van der Waals surface area contributed by atoms with Gasteiger partial charge in [-0.1, -0.05) is 0 Å². The van der Waals surface area contributed by atoms with E-state index >= 15 is 0 Å². The summed E-state index contributed by atoms with van der Waals surface area (Å²) < 4.78 is 6.99. The fourth-order valence-corrected chi connectivity index (χ4v) is 3.00. The van der Waals surface area contributed by atoms with E-state index in [4.69, 9.17) is 4.74 Å². The number of hydrogen-bond donors (Lipinski definition) is 0. The predicted molar refractivity (Wildman–Crippen MR) is 78.2 cm³/mol. The smallest absolute Gasteiger partial charge is 0.350 e. The molecule has 6 heteroatoms. The molecule has 2 aromatic rings. The molecule has 0 aliphatic carbocycles. The van der Waals surface area contributed by atoms with E-state index in [1.54, 1.807) is 6.92 Å². The van der Waals surface area contributed by atoms with Crippen LogP contribution in [0.1, 0.15) is 38.7 Å². The van der Waals surface area contributed by atoms with Gasteiger partial charge in [-0.2, -0.15) is 5.10 Å². The Morgan fingerprint density at radius 1 is 1.40 bits per heavy atom. The third kappa shape index (κ3) is 3.25. The molecule has 0 bridgehead atoms. The first-order valence-corrected chi connectivity index (χ1v) is 7.47. The Morgan fingerprint density at radius 3 is 2.75 bits per heavy atom. The van der Waals surface area contributed by atoms with Gasteiger partial charge in [0.2, 0.25) is 0 Å².